The van der Waals surface area contributed by atoms with E-state index >= 15 is 0 Å². The van der Waals surface area contributed by atoms with Crippen LogP contribution in [0.5, 0.6) is 0 Å². The van der Waals surface area contributed by atoms with Crippen LogP contribution in [0.25, 0.3) is 0 Å². The van der Waals surface area contributed by atoms with Crippen molar-refractivity contribution >= 4 is 11.6 Å². The molecule has 0 amide bonds. The molecule has 21 heavy (non-hydrogen) atoms. The summed E-state index contributed by atoms with van der Waals surface area (Å²) in [4.78, 5) is 24.7. The van der Waals surface area contributed by atoms with Crippen LogP contribution in [-0.2, 0) is 9.59 Å². The third-order valence-corrected chi connectivity index (χ3v) is 3.94. The molecule has 2 nitrogen and oxygen atoms in total. The van der Waals surface area contributed by atoms with Crippen molar-refractivity contribution in [1.82, 2.24) is 0 Å². The molecule has 112 valence electrons. The highest BCUT2D eigenvalue weighted by Gasteiger charge is 2.28. The van der Waals surface area contributed by atoms with Gasteiger partial charge in [0.1, 0.15) is 0 Å². The zero-order valence-electron chi connectivity index (χ0n) is 13.2. The van der Waals surface area contributed by atoms with Gasteiger partial charge in [0.25, 0.3) is 0 Å². The van der Waals surface area contributed by atoms with Crippen molar-refractivity contribution in [3.8, 4) is 0 Å². The molecule has 1 atom stereocenters. The molecule has 1 aromatic carbocycles. The van der Waals surface area contributed by atoms with E-state index in [0.717, 1.165) is 18.4 Å². The molecule has 0 bridgehead atoms. The Morgan fingerprint density at radius 1 is 1.10 bits per heavy atom. The highest BCUT2D eigenvalue weighted by Crippen LogP contribution is 2.31. The molecule has 1 unspecified atom stereocenters. The number of ketones is 2. The summed E-state index contributed by atoms with van der Waals surface area (Å²) < 4.78 is 0. The molecule has 0 N–H and O–H groups in total. The predicted octanol–water partition coefficient (Wildman–Crippen LogP) is 4.45. The van der Waals surface area contributed by atoms with E-state index in [1.807, 2.05) is 36.4 Å². The third-order valence-electron chi connectivity index (χ3n) is 3.94. The van der Waals surface area contributed by atoms with Crippen molar-refractivity contribution in [3.63, 3.8) is 0 Å². The van der Waals surface area contributed by atoms with Gasteiger partial charge in [-0.15, -0.1) is 0 Å². The highest BCUT2D eigenvalue weighted by atomic mass is 16.1. The molecule has 0 spiro atoms. The Labute approximate surface area is 127 Å². The summed E-state index contributed by atoms with van der Waals surface area (Å²) in [6.07, 6.45) is 4.31. The second kappa shape index (κ2) is 6.38. The zero-order valence-corrected chi connectivity index (χ0v) is 13.2. The molecule has 0 aliphatic heterocycles. The third kappa shape index (κ3) is 4.38. The summed E-state index contributed by atoms with van der Waals surface area (Å²) in [6, 6.07) is 10.0. The van der Waals surface area contributed by atoms with Gasteiger partial charge in [0.15, 0.2) is 11.6 Å². The van der Waals surface area contributed by atoms with E-state index in [-0.39, 0.29) is 22.9 Å². The van der Waals surface area contributed by atoms with Gasteiger partial charge >= 0.3 is 0 Å². The Hall–Kier alpha value is -1.70. The lowest BCUT2D eigenvalue weighted by molar-refractivity contribution is -0.120. The van der Waals surface area contributed by atoms with Crippen molar-refractivity contribution in [2.24, 2.45) is 5.41 Å². The average Bonchev–Trinajstić information content (AvgIpc) is 2.56. The monoisotopic (exact) mass is 284 g/mol. The van der Waals surface area contributed by atoms with Gasteiger partial charge in [0.2, 0.25) is 0 Å². The summed E-state index contributed by atoms with van der Waals surface area (Å²) in [5.74, 6) is 0.196. The normalized spacial score (nSPS) is 22.4. The number of hydrogen-bond donors (Lipinski definition) is 0. The zero-order chi connectivity index (χ0) is 15.5. The topological polar surface area (TPSA) is 34.1 Å². The number of Topliss-reactive ketones (excluding diaryl/α,β-unsaturated/α-hetero) is 2. The fourth-order valence-electron chi connectivity index (χ4n) is 2.68. The second-order valence-electron chi connectivity index (χ2n) is 7.08. The number of rotatable bonds is 2. The van der Waals surface area contributed by atoms with E-state index in [0.29, 0.717) is 18.4 Å². The van der Waals surface area contributed by atoms with E-state index < -0.39 is 0 Å². The molecule has 1 saturated carbocycles. The van der Waals surface area contributed by atoms with E-state index in [2.05, 4.69) is 20.8 Å². The van der Waals surface area contributed by atoms with E-state index in [1.54, 1.807) is 0 Å². The SMILES string of the molecule is CC(C)(C)C/C=C1\C(=O)CCC(c2ccccc2)CC1=O. The van der Waals surface area contributed by atoms with Gasteiger partial charge in [-0.3, -0.25) is 9.59 Å². The molecule has 0 heterocycles. The number of benzene rings is 1. The van der Waals surface area contributed by atoms with Crippen LogP contribution in [0.1, 0.15) is 57.9 Å². The predicted molar refractivity (Wildman–Crippen MR) is 85.2 cm³/mol. The summed E-state index contributed by atoms with van der Waals surface area (Å²) in [5.41, 5.74) is 1.69. The number of carbonyl (C=O) groups is 2. The van der Waals surface area contributed by atoms with Crippen LogP contribution in [0.4, 0.5) is 0 Å². The lowest BCUT2D eigenvalue weighted by Crippen LogP contribution is -2.12. The van der Waals surface area contributed by atoms with E-state index in [9.17, 15) is 9.59 Å². The van der Waals surface area contributed by atoms with Gasteiger partial charge in [0.05, 0.1) is 5.57 Å². The molecule has 1 aromatic rings. The van der Waals surface area contributed by atoms with E-state index in [4.69, 9.17) is 0 Å². The second-order valence-corrected chi connectivity index (χ2v) is 7.08. The van der Waals surface area contributed by atoms with Crippen LogP contribution in [0.15, 0.2) is 42.0 Å². The largest absolute Gasteiger partial charge is 0.294 e. The molecular weight excluding hydrogens is 260 g/mol. The van der Waals surface area contributed by atoms with Crippen LogP contribution in [0.3, 0.4) is 0 Å². The number of hydrogen-bond acceptors (Lipinski definition) is 2. The maximum absolute atomic E-state index is 12.4. The van der Waals surface area contributed by atoms with Crippen molar-refractivity contribution in [1.29, 1.82) is 0 Å². The van der Waals surface area contributed by atoms with Crippen LogP contribution >= 0.6 is 0 Å². The van der Waals surface area contributed by atoms with Gasteiger partial charge in [-0.05, 0) is 29.7 Å². The highest BCUT2D eigenvalue weighted by molar-refractivity contribution is 6.20. The van der Waals surface area contributed by atoms with Crippen molar-refractivity contribution in [2.75, 3.05) is 0 Å². The average molecular weight is 284 g/mol. The van der Waals surface area contributed by atoms with Gasteiger partial charge in [-0.25, -0.2) is 0 Å². The van der Waals surface area contributed by atoms with Gasteiger partial charge in [-0.2, -0.15) is 0 Å². The van der Waals surface area contributed by atoms with Crippen LogP contribution in [-0.4, -0.2) is 11.6 Å². The van der Waals surface area contributed by atoms with Crippen molar-refractivity contribution in [2.45, 2.75) is 52.4 Å². The quantitative estimate of drug-likeness (QED) is 0.456. The van der Waals surface area contributed by atoms with Crippen LogP contribution in [0, 0.1) is 5.41 Å². The molecule has 2 rings (SSSR count). The lowest BCUT2D eigenvalue weighted by Gasteiger charge is -2.15. The van der Waals surface area contributed by atoms with Crippen molar-refractivity contribution < 1.29 is 9.59 Å². The minimum atomic E-state index is 0.00982. The Morgan fingerprint density at radius 3 is 2.38 bits per heavy atom. The first-order valence-electron chi connectivity index (χ1n) is 7.68. The van der Waals surface area contributed by atoms with Gasteiger partial charge in [0, 0.05) is 12.8 Å². The van der Waals surface area contributed by atoms with Crippen LogP contribution in [0.2, 0.25) is 0 Å². The molecular formula is C19H24O2. The van der Waals surface area contributed by atoms with Gasteiger partial charge in [-0.1, -0.05) is 57.2 Å². The lowest BCUT2D eigenvalue weighted by atomic mass is 9.89. The standard InChI is InChI=1S/C19H24O2/c1-19(2,3)12-11-16-17(20)10-9-15(13-18(16)21)14-7-5-4-6-8-14/h4-8,11,15H,9-10,12-13H2,1-3H3/b16-11+. The summed E-state index contributed by atoms with van der Waals surface area (Å²) in [7, 11) is 0. The first kappa shape index (κ1) is 15.7. The molecule has 1 aliphatic rings. The molecule has 0 saturated heterocycles. The maximum Gasteiger partial charge on any atom is 0.166 e. The first-order chi connectivity index (χ1) is 9.87. The summed E-state index contributed by atoms with van der Waals surface area (Å²) in [5, 5.41) is 0. The first-order valence-corrected chi connectivity index (χ1v) is 7.68. The number of carbonyl (C=O) groups excluding carboxylic acids is 2. The van der Waals surface area contributed by atoms with Crippen LogP contribution < -0.4 is 0 Å². The Balaban J connectivity index is 2.18. The minimum absolute atomic E-state index is 0.00982. The minimum Gasteiger partial charge on any atom is -0.294 e. The summed E-state index contributed by atoms with van der Waals surface area (Å²) in [6.45, 7) is 6.34. The molecule has 2 heteroatoms. The molecule has 1 fully saturated rings. The fourth-order valence-corrected chi connectivity index (χ4v) is 2.68. The maximum atomic E-state index is 12.4. The smallest absolute Gasteiger partial charge is 0.166 e. The van der Waals surface area contributed by atoms with E-state index in [1.165, 1.54) is 0 Å². The Kier molecular flexibility index (Phi) is 4.76. The van der Waals surface area contributed by atoms with Crippen molar-refractivity contribution in [3.05, 3.63) is 47.5 Å². The fraction of sp³-hybridized carbons (Fsp3) is 0.474. The molecule has 0 radical (unpaired) electrons. The molecule has 0 aromatic heterocycles. The Bertz CT molecular complexity index is 547. The number of allylic oxidation sites excluding steroid dienone is 2. The van der Waals surface area contributed by atoms with Gasteiger partial charge < -0.3 is 0 Å². The molecule has 1 aliphatic carbocycles. The summed E-state index contributed by atoms with van der Waals surface area (Å²) >= 11 is 0. The Morgan fingerprint density at radius 2 is 1.76 bits per heavy atom.